The quantitative estimate of drug-likeness (QED) is 0.133. The summed E-state index contributed by atoms with van der Waals surface area (Å²) in [6, 6.07) is 7.67. The summed E-state index contributed by atoms with van der Waals surface area (Å²) >= 11 is 5.93. The Morgan fingerprint density at radius 2 is 1.91 bits per heavy atom. The van der Waals surface area contributed by atoms with Crippen molar-refractivity contribution in [3.05, 3.63) is 81.6 Å². The van der Waals surface area contributed by atoms with Crippen LogP contribution in [0.15, 0.2) is 42.6 Å². The van der Waals surface area contributed by atoms with E-state index in [1.54, 1.807) is 19.9 Å². The molecule has 46 heavy (non-hydrogen) atoms. The molecule has 2 heterocycles. The lowest BCUT2D eigenvalue weighted by Gasteiger charge is -2.30. The highest BCUT2D eigenvalue weighted by atomic mass is 35.5. The van der Waals surface area contributed by atoms with Gasteiger partial charge in [-0.1, -0.05) is 11.6 Å². The minimum Gasteiger partial charge on any atom is -0.491 e. The van der Waals surface area contributed by atoms with Gasteiger partial charge in [-0.2, -0.15) is 8.78 Å². The van der Waals surface area contributed by atoms with Gasteiger partial charge in [0.25, 0.3) is 5.91 Å². The molecule has 0 aliphatic heterocycles. The van der Waals surface area contributed by atoms with Crippen LogP contribution in [0.4, 0.5) is 17.6 Å². The highest BCUT2D eigenvalue weighted by Crippen LogP contribution is 2.47. The third kappa shape index (κ3) is 6.85. The number of hydrogen-bond acceptors (Lipinski definition) is 7. The average Bonchev–Trinajstić information content (AvgIpc) is 3.84. The van der Waals surface area contributed by atoms with Gasteiger partial charge in [0.15, 0.2) is 17.4 Å². The molecule has 0 saturated heterocycles. The average molecular weight is 661 g/mol. The number of fused-ring (bicyclic) bond motifs is 1. The largest absolute Gasteiger partial charge is 0.491 e. The summed E-state index contributed by atoms with van der Waals surface area (Å²) in [5.41, 5.74) is 4.72. The molecule has 1 saturated carbocycles. The molecule has 0 unspecified atom stereocenters. The fraction of sp³-hybridized carbons (Fsp3) is 0.312. The highest BCUT2D eigenvalue weighted by molar-refractivity contribution is 6.31. The third-order valence-corrected chi connectivity index (χ3v) is 7.81. The molecule has 2 aromatic carbocycles. The van der Waals surface area contributed by atoms with Gasteiger partial charge in [0, 0.05) is 28.3 Å². The molecule has 0 radical (unpaired) electrons. The van der Waals surface area contributed by atoms with Crippen LogP contribution in [-0.4, -0.2) is 46.7 Å². The topological polar surface area (TPSA) is 137 Å². The maximum absolute atomic E-state index is 14.5. The number of aliphatic hydroxyl groups is 1. The van der Waals surface area contributed by atoms with Gasteiger partial charge in [0.2, 0.25) is 5.91 Å². The Morgan fingerprint density at radius 3 is 2.54 bits per heavy atom. The van der Waals surface area contributed by atoms with E-state index in [0.29, 0.717) is 18.2 Å². The molecule has 0 bridgehead atoms. The Bertz CT molecular complexity index is 1820. The first kappa shape index (κ1) is 32.9. The number of alkyl halides is 2. The van der Waals surface area contributed by atoms with Gasteiger partial charge in [0.1, 0.15) is 22.6 Å². The van der Waals surface area contributed by atoms with Crippen molar-refractivity contribution in [2.45, 2.75) is 45.3 Å². The van der Waals surface area contributed by atoms with Gasteiger partial charge in [0.05, 0.1) is 30.3 Å². The maximum Gasteiger partial charge on any atom is 0.387 e. The summed E-state index contributed by atoms with van der Waals surface area (Å²) in [7, 11) is 0. The van der Waals surface area contributed by atoms with Crippen LogP contribution >= 0.6 is 11.6 Å². The second-order valence-corrected chi connectivity index (χ2v) is 11.4. The van der Waals surface area contributed by atoms with E-state index in [1.807, 2.05) is 0 Å². The number of carbonyl (C=O) groups is 2. The van der Waals surface area contributed by atoms with Gasteiger partial charge in [-0.3, -0.25) is 14.6 Å². The number of nitrogens with one attached hydrogen (secondary N) is 1. The number of aryl methyl sites for hydroxylation is 1. The zero-order valence-corrected chi connectivity index (χ0v) is 25.4. The van der Waals surface area contributed by atoms with E-state index in [0.717, 1.165) is 23.8 Å². The molecular formula is C32H29ClF4N4O5. The van der Waals surface area contributed by atoms with E-state index in [1.165, 1.54) is 18.3 Å². The molecule has 4 N–H and O–H groups in total. The number of ether oxygens (including phenoxy) is 2. The fourth-order valence-electron chi connectivity index (χ4n) is 5.29. The number of nitrogens with two attached hydrogens (primary N) is 1. The van der Waals surface area contributed by atoms with Crippen LogP contribution in [0.3, 0.4) is 0 Å². The molecule has 4 aromatic rings. The number of halogens is 5. The van der Waals surface area contributed by atoms with Crippen LogP contribution in [0, 0.1) is 24.5 Å². The zero-order chi connectivity index (χ0) is 33.3. The number of amides is 2. The lowest BCUT2D eigenvalue weighted by Crippen LogP contribution is -2.43. The van der Waals surface area contributed by atoms with Crippen LogP contribution in [0.2, 0.25) is 5.02 Å². The SMILES string of the molecule is CCOc1c(CC(N)=O)cc([C@@](O)(CNC(=O)c2cc(OC(F)F)c3ncc(C)cc3c2)C2CC2)nc1-c1cc(F)c(F)c(Cl)c1. The first-order valence-electron chi connectivity index (χ1n) is 14.3. The van der Waals surface area contributed by atoms with Crippen LogP contribution in [0.25, 0.3) is 22.2 Å². The predicted molar refractivity (Wildman–Crippen MR) is 161 cm³/mol. The van der Waals surface area contributed by atoms with Crippen LogP contribution in [0.1, 0.15) is 46.9 Å². The van der Waals surface area contributed by atoms with Crippen LogP contribution in [0.5, 0.6) is 11.5 Å². The van der Waals surface area contributed by atoms with E-state index in [9.17, 15) is 32.3 Å². The summed E-state index contributed by atoms with van der Waals surface area (Å²) in [6.07, 6.45) is 2.26. The standard InChI is InChI=1S/C32H29ClF4N4O5/c1-3-45-29-18(12-25(38)42)11-24(41-28(29)17-8-21(33)26(35)22(34)9-17)32(44,20-4-5-20)14-40-30(43)19-7-16-6-15(2)13-39-27(16)23(10-19)46-31(36)37/h6-11,13,20,31,44H,3-5,12,14H2,1-2H3,(H2,38,42)(H,40,43)/t32-/m1/s1. The Labute approximate surface area is 265 Å². The minimum atomic E-state index is -3.16. The summed E-state index contributed by atoms with van der Waals surface area (Å²) in [5.74, 6) is -4.60. The van der Waals surface area contributed by atoms with Crippen molar-refractivity contribution in [2.24, 2.45) is 11.7 Å². The number of aromatic nitrogens is 2. The zero-order valence-electron chi connectivity index (χ0n) is 24.7. The van der Waals surface area contributed by atoms with Crippen molar-refractivity contribution in [1.82, 2.24) is 15.3 Å². The van der Waals surface area contributed by atoms with E-state index in [4.69, 9.17) is 22.1 Å². The predicted octanol–water partition coefficient (Wildman–Crippen LogP) is 5.59. The van der Waals surface area contributed by atoms with Gasteiger partial charge in [-0.05, 0) is 74.6 Å². The van der Waals surface area contributed by atoms with Crippen molar-refractivity contribution in [2.75, 3.05) is 13.2 Å². The molecule has 14 heteroatoms. The number of carbonyl (C=O) groups excluding carboxylic acids is 2. The molecule has 0 spiro atoms. The second kappa shape index (κ2) is 13.1. The van der Waals surface area contributed by atoms with Crippen molar-refractivity contribution in [3.8, 4) is 22.8 Å². The number of pyridine rings is 2. The van der Waals surface area contributed by atoms with E-state index < -0.39 is 40.7 Å². The van der Waals surface area contributed by atoms with Crippen molar-refractivity contribution in [3.63, 3.8) is 0 Å². The van der Waals surface area contributed by atoms with Gasteiger partial charge >= 0.3 is 6.61 Å². The molecule has 1 fully saturated rings. The third-order valence-electron chi connectivity index (χ3n) is 7.54. The minimum absolute atomic E-state index is 0.00548. The molecular weight excluding hydrogens is 632 g/mol. The Morgan fingerprint density at radius 1 is 1.17 bits per heavy atom. The van der Waals surface area contributed by atoms with Crippen LogP contribution in [-0.2, 0) is 16.8 Å². The van der Waals surface area contributed by atoms with E-state index in [-0.39, 0.29) is 70.6 Å². The van der Waals surface area contributed by atoms with Crippen LogP contribution < -0.4 is 20.5 Å². The maximum atomic E-state index is 14.5. The number of rotatable bonds is 12. The Kier molecular flexibility index (Phi) is 9.36. The fourth-order valence-corrected chi connectivity index (χ4v) is 5.49. The molecule has 2 aromatic heterocycles. The molecule has 9 nitrogen and oxygen atoms in total. The van der Waals surface area contributed by atoms with Gasteiger partial charge in [-0.25, -0.2) is 13.8 Å². The first-order chi connectivity index (χ1) is 21.8. The highest BCUT2D eigenvalue weighted by Gasteiger charge is 2.47. The van der Waals surface area contributed by atoms with E-state index >= 15 is 0 Å². The summed E-state index contributed by atoms with van der Waals surface area (Å²) in [5, 5.41) is 14.6. The molecule has 2 amide bonds. The summed E-state index contributed by atoms with van der Waals surface area (Å²) < 4.78 is 65.3. The Balaban J connectivity index is 1.56. The summed E-state index contributed by atoms with van der Waals surface area (Å²) in [4.78, 5) is 34.2. The van der Waals surface area contributed by atoms with Crippen molar-refractivity contribution in [1.29, 1.82) is 0 Å². The molecule has 1 atom stereocenters. The first-order valence-corrected chi connectivity index (χ1v) is 14.6. The number of primary amides is 1. The monoisotopic (exact) mass is 660 g/mol. The van der Waals surface area contributed by atoms with Crippen molar-refractivity contribution >= 4 is 34.3 Å². The molecule has 242 valence electrons. The molecule has 5 rings (SSSR count). The Hall–Kier alpha value is -4.49. The number of benzene rings is 2. The lowest BCUT2D eigenvalue weighted by molar-refractivity contribution is -0.117. The van der Waals surface area contributed by atoms with E-state index in [2.05, 4.69) is 20.0 Å². The number of hydrogen-bond donors (Lipinski definition) is 3. The second-order valence-electron chi connectivity index (χ2n) is 11.0. The normalized spacial score (nSPS) is 14.3. The molecule has 1 aliphatic rings. The smallest absolute Gasteiger partial charge is 0.387 e. The summed E-state index contributed by atoms with van der Waals surface area (Å²) in [6.45, 7) is -0.0223. The van der Waals surface area contributed by atoms with Gasteiger partial charge in [-0.15, -0.1) is 0 Å². The molecule has 1 aliphatic carbocycles. The number of nitrogens with zero attached hydrogens (tertiary/aromatic N) is 2. The van der Waals surface area contributed by atoms with Gasteiger partial charge < -0.3 is 25.6 Å². The lowest BCUT2D eigenvalue weighted by atomic mass is 9.90. The van der Waals surface area contributed by atoms with Crippen molar-refractivity contribution < 1.29 is 41.7 Å².